The van der Waals surface area contributed by atoms with E-state index in [9.17, 15) is 9.59 Å². The van der Waals surface area contributed by atoms with E-state index < -0.39 is 0 Å². The quantitative estimate of drug-likeness (QED) is 0.609. The second-order valence-corrected chi connectivity index (χ2v) is 7.28. The molecule has 138 valence electrons. The summed E-state index contributed by atoms with van der Waals surface area (Å²) >= 11 is 0. The number of carbonyl (C=O) groups is 1. The maximum Gasteiger partial charge on any atom is 0.255 e. The molecule has 2 aromatic heterocycles. The Labute approximate surface area is 155 Å². The van der Waals surface area contributed by atoms with Crippen LogP contribution < -0.4 is 20.9 Å². The summed E-state index contributed by atoms with van der Waals surface area (Å²) in [6, 6.07) is 5.83. The molecule has 5 rings (SSSR count). The molecule has 27 heavy (non-hydrogen) atoms. The summed E-state index contributed by atoms with van der Waals surface area (Å²) in [5.41, 5.74) is 1.05. The lowest BCUT2D eigenvalue weighted by Gasteiger charge is -2.28. The molecule has 3 aromatic rings. The number of nitrogens with zero attached hydrogens (tertiary/aromatic N) is 1. The van der Waals surface area contributed by atoms with Gasteiger partial charge in [-0.3, -0.25) is 9.59 Å². The third-order valence-corrected chi connectivity index (χ3v) is 5.51. The minimum atomic E-state index is -0.0871. The summed E-state index contributed by atoms with van der Waals surface area (Å²) in [5.74, 6) is 1.00. The fourth-order valence-electron chi connectivity index (χ4n) is 3.86. The summed E-state index contributed by atoms with van der Waals surface area (Å²) in [7, 11) is 0. The van der Waals surface area contributed by atoms with Crippen LogP contribution in [0.25, 0.3) is 21.5 Å². The Bertz CT molecular complexity index is 1100. The Hall–Kier alpha value is -2.93. The van der Waals surface area contributed by atoms with Crippen molar-refractivity contribution in [2.45, 2.75) is 24.8 Å². The molecule has 0 bridgehead atoms. The lowest BCUT2D eigenvalue weighted by atomic mass is 9.90. The maximum absolute atomic E-state index is 12.4. The number of fused-ring (bicyclic) bond motifs is 2. The van der Waals surface area contributed by atoms with Gasteiger partial charge in [-0.25, -0.2) is 4.98 Å². The van der Waals surface area contributed by atoms with E-state index in [1.165, 1.54) is 0 Å². The number of ether oxygens (including phenoxy) is 1. The number of aromatic amines is 1. The molecule has 3 N–H and O–H groups in total. The minimum absolute atomic E-state index is 0.0227. The molecule has 4 heterocycles. The fraction of sp³-hybridized carbons (Fsp3) is 0.350. The van der Waals surface area contributed by atoms with E-state index in [0.717, 1.165) is 41.2 Å². The summed E-state index contributed by atoms with van der Waals surface area (Å²) in [4.78, 5) is 31.0. The van der Waals surface area contributed by atoms with Gasteiger partial charge in [0.1, 0.15) is 6.61 Å². The van der Waals surface area contributed by atoms with Gasteiger partial charge in [0, 0.05) is 48.6 Å². The van der Waals surface area contributed by atoms with Crippen molar-refractivity contribution >= 4 is 27.5 Å². The smallest absolute Gasteiger partial charge is 0.255 e. The number of aromatic nitrogens is 2. The molecule has 1 amide bonds. The van der Waals surface area contributed by atoms with E-state index in [0.29, 0.717) is 30.2 Å². The number of rotatable bonds is 4. The predicted molar refractivity (Wildman–Crippen MR) is 102 cm³/mol. The van der Waals surface area contributed by atoms with Crippen LogP contribution in [0.3, 0.4) is 0 Å². The molecule has 2 aliphatic heterocycles. The van der Waals surface area contributed by atoms with Crippen molar-refractivity contribution in [1.82, 2.24) is 20.6 Å². The normalized spacial score (nSPS) is 20.0. The van der Waals surface area contributed by atoms with Crippen LogP contribution in [0.4, 0.5) is 0 Å². The molecule has 2 aliphatic rings. The number of hydrogen-bond donors (Lipinski definition) is 3. The number of benzene rings is 1. The maximum atomic E-state index is 12.4. The van der Waals surface area contributed by atoms with Gasteiger partial charge in [-0.05, 0) is 41.0 Å². The molecule has 0 aliphatic carbocycles. The first-order valence-electron chi connectivity index (χ1n) is 9.26. The van der Waals surface area contributed by atoms with Gasteiger partial charge in [-0.1, -0.05) is 0 Å². The highest BCUT2D eigenvalue weighted by Gasteiger charge is 2.23. The van der Waals surface area contributed by atoms with E-state index in [1.54, 1.807) is 6.20 Å². The number of hydrogen-bond acceptors (Lipinski definition) is 5. The number of nitrogens with one attached hydrogen (secondary N) is 3. The molecule has 0 spiro atoms. The molecular formula is C20H20N4O3. The highest BCUT2D eigenvalue weighted by atomic mass is 16.5. The third-order valence-electron chi connectivity index (χ3n) is 5.51. The highest BCUT2D eigenvalue weighted by molar-refractivity contribution is 6.01. The lowest BCUT2D eigenvalue weighted by molar-refractivity contribution is -0.119. The van der Waals surface area contributed by atoms with Gasteiger partial charge in [0.05, 0.1) is 6.04 Å². The van der Waals surface area contributed by atoms with Crippen molar-refractivity contribution in [1.29, 1.82) is 0 Å². The first-order chi connectivity index (χ1) is 13.2. The van der Waals surface area contributed by atoms with E-state index in [1.807, 2.05) is 24.4 Å². The van der Waals surface area contributed by atoms with Crippen LogP contribution in [0.15, 0.2) is 35.4 Å². The van der Waals surface area contributed by atoms with E-state index in [-0.39, 0.29) is 17.5 Å². The van der Waals surface area contributed by atoms with Crippen LogP contribution in [0.5, 0.6) is 5.88 Å². The molecule has 1 aromatic carbocycles. The van der Waals surface area contributed by atoms with Gasteiger partial charge in [0.25, 0.3) is 5.56 Å². The van der Waals surface area contributed by atoms with Crippen molar-refractivity contribution in [3.05, 3.63) is 46.5 Å². The summed E-state index contributed by atoms with van der Waals surface area (Å²) in [6.45, 7) is 2.22. The van der Waals surface area contributed by atoms with Gasteiger partial charge in [0.2, 0.25) is 11.8 Å². The second kappa shape index (κ2) is 6.35. The van der Waals surface area contributed by atoms with Crippen LogP contribution >= 0.6 is 0 Å². The summed E-state index contributed by atoms with van der Waals surface area (Å²) in [5, 5.41) is 9.62. The van der Waals surface area contributed by atoms with Gasteiger partial charge in [-0.15, -0.1) is 0 Å². The molecule has 7 nitrogen and oxygen atoms in total. The van der Waals surface area contributed by atoms with Gasteiger partial charge >= 0.3 is 0 Å². The molecule has 0 radical (unpaired) electrons. The van der Waals surface area contributed by atoms with Crippen molar-refractivity contribution in [3.8, 4) is 5.88 Å². The average molecular weight is 364 g/mol. The van der Waals surface area contributed by atoms with Crippen LogP contribution in [0.1, 0.15) is 24.3 Å². The zero-order valence-electron chi connectivity index (χ0n) is 14.7. The first-order valence-corrected chi connectivity index (χ1v) is 9.26. The third kappa shape index (κ3) is 2.84. The molecular weight excluding hydrogens is 344 g/mol. The van der Waals surface area contributed by atoms with Gasteiger partial charge < -0.3 is 20.4 Å². The number of pyridine rings is 2. The summed E-state index contributed by atoms with van der Waals surface area (Å²) in [6.07, 6.45) is 4.83. The Morgan fingerprint density at radius 2 is 2.04 bits per heavy atom. The summed E-state index contributed by atoms with van der Waals surface area (Å²) < 4.78 is 5.95. The van der Waals surface area contributed by atoms with Crippen LogP contribution in [-0.4, -0.2) is 41.6 Å². The van der Waals surface area contributed by atoms with Crippen LogP contribution in [0.2, 0.25) is 0 Å². The topological polar surface area (TPSA) is 96.1 Å². The SMILES string of the molecule is O=C1CCC(COc2nccc3cc4c(=O)[nH]cc(C5CNC5)c4cc23)N1. The lowest BCUT2D eigenvalue weighted by Crippen LogP contribution is -2.40. The molecule has 2 saturated heterocycles. The average Bonchev–Trinajstić information content (AvgIpc) is 3.05. The largest absolute Gasteiger partial charge is 0.475 e. The van der Waals surface area contributed by atoms with E-state index >= 15 is 0 Å². The Kier molecular flexibility index (Phi) is 3.82. The van der Waals surface area contributed by atoms with Crippen molar-refractivity contribution in [2.75, 3.05) is 19.7 Å². The van der Waals surface area contributed by atoms with Crippen molar-refractivity contribution < 1.29 is 9.53 Å². The number of amides is 1. The van der Waals surface area contributed by atoms with Crippen molar-refractivity contribution in [3.63, 3.8) is 0 Å². The van der Waals surface area contributed by atoms with E-state index in [2.05, 4.69) is 20.6 Å². The number of H-pyrrole nitrogens is 1. The fourth-order valence-corrected chi connectivity index (χ4v) is 3.86. The highest BCUT2D eigenvalue weighted by Crippen LogP contribution is 2.32. The Morgan fingerprint density at radius 1 is 1.15 bits per heavy atom. The number of carbonyl (C=O) groups excluding carboxylic acids is 1. The molecule has 0 saturated carbocycles. The Balaban J connectivity index is 1.58. The molecule has 2 fully saturated rings. The van der Waals surface area contributed by atoms with Crippen LogP contribution in [-0.2, 0) is 4.79 Å². The van der Waals surface area contributed by atoms with Gasteiger partial charge in [-0.2, -0.15) is 0 Å². The minimum Gasteiger partial charge on any atom is -0.475 e. The first kappa shape index (κ1) is 16.3. The molecule has 1 atom stereocenters. The van der Waals surface area contributed by atoms with Crippen molar-refractivity contribution in [2.24, 2.45) is 0 Å². The monoisotopic (exact) mass is 364 g/mol. The molecule has 1 unspecified atom stereocenters. The second-order valence-electron chi connectivity index (χ2n) is 7.28. The van der Waals surface area contributed by atoms with E-state index in [4.69, 9.17) is 4.74 Å². The Morgan fingerprint density at radius 3 is 2.78 bits per heavy atom. The zero-order valence-corrected chi connectivity index (χ0v) is 14.7. The molecule has 7 heteroatoms. The van der Waals surface area contributed by atoms with Crippen LogP contribution in [0, 0.1) is 0 Å². The standard InChI is InChI=1S/C20H20N4O3/c25-18-2-1-13(24-18)10-27-20-14-6-15-16(5-11(14)3-4-22-20)19(26)23-9-17(15)12-7-21-8-12/h3-6,9,12-13,21H,1-2,7-8,10H2,(H,23,26)(H,24,25). The van der Waals surface area contributed by atoms with Gasteiger partial charge in [0.15, 0.2) is 0 Å². The predicted octanol–water partition coefficient (Wildman–Crippen LogP) is 1.42. The zero-order chi connectivity index (χ0) is 18.4.